The molecule has 20 heavy (non-hydrogen) atoms. The van der Waals surface area contributed by atoms with Gasteiger partial charge >= 0.3 is 0 Å². The maximum atomic E-state index is 12.4. The van der Waals surface area contributed by atoms with Crippen molar-refractivity contribution in [1.29, 1.82) is 0 Å². The van der Waals surface area contributed by atoms with Crippen molar-refractivity contribution in [2.75, 3.05) is 27.3 Å². The van der Waals surface area contributed by atoms with Crippen LogP contribution in [0.1, 0.15) is 24.1 Å². The second kappa shape index (κ2) is 7.00. The Balaban J connectivity index is 1.93. The molecule has 1 aromatic heterocycles. The van der Waals surface area contributed by atoms with Gasteiger partial charge in [-0.2, -0.15) is 0 Å². The molecule has 5 nitrogen and oxygen atoms in total. The molecule has 1 saturated carbocycles. The zero-order valence-corrected chi connectivity index (χ0v) is 13.6. The van der Waals surface area contributed by atoms with Crippen LogP contribution in [-0.2, 0) is 21.3 Å². The molecule has 0 saturated heterocycles. The summed E-state index contributed by atoms with van der Waals surface area (Å²) in [7, 11) is -0.117. The van der Waals surface area contributed by atoms with Gasteiger partial charge in [-0.05, 0) is 31.4 Å². The highest BCUT2D eigenvalue weighted by atomic mass is 32.2. The lowest BCUT2D eigenvalue weighted by atomic mass is 10.4. The van der Waals surface area contributed by atoms with Crippen molar-refractivity contribution in [2.45, 2.75) is 36.1 Å². The van der Waals surface area contributed by atoms with Gasteiger partial charge in [-0.25, -0.2) is 12.7 Å². The summed E-state index contributed by atoms with van der Waals surface area (Å²) in [5.74, 6) is 0. The number of hydrogen-bond donors (Lipinski definition) is 1. The van der Waals surface area contributed by atoms with E-state index in [2.05, 4.69) is 5.32 Å². The van der Waals surface area contributed by atoms with E-state index in [1.807, 2.05) is 6.07 Å². The van der Waals surface area contributed by atoms with Crippen LogP contribution in [-0.4, -0.2) is 46.1 Å². The first-order valence-corrected chi connectivity index (χ1v) is 9.07. The van der Waals surface area contributed by atoms with Crippen LogP contribution >= 0.6 is 11.3 Å². The SMILES string of the molecule is COCCCN(C)S(=O)(=O)c1ccc(CNC2CC2)s1. The predicted molar refractivity (Wildman–Crippen MR) is 80.5 cm³/mol. The fourth-order valence-electron chi connectivity index (χ4n) is 1.83. The van der Waals surface area contributed by atoms with Crippen molar-refractivity contribution < 1.29 is 13.2 Å². The zero-order valence-electron chi connectivity index (χ0n) is 12.0. The molecule has 0 aromatic carbocycles. The molecule has 0 radical (unpaired) electrons. The molecule has 0 spiro atoms. The maximum absolute atomic E-state index is 12.4. The Labute approximate surface area is 125 Å². The Bertz CT molecular complexity index is 523. The number of hydrogen-bond acceptors (Lipinski definition) is 5. The standard InChI is InChI=1S/C13H22N2O3S2/c1-15(8-3-9-18-2)20(16,17)13-7-6-12(19-13)10-14-11-4-5-11/h6-7,11,14H,3-5,8-10H2,1-2H3. The van der Waals surface area contributed by atoms with Gasteiger partial charge in [0.2, 0.25) is 0 Å². The van der Waals surface area contributed by atoms with Crippen molar-refractivity contribution in [1.82, 2.24) is 9.62 Å². The summed E-state index contributed by atoms with van der Waals surface area (Å²) < 4.78 is 31.5. The predicted octanol–water partition coefficient (Wildman–Crippen LogP) is 1.66. The average molecular weight is 318 g/mol. The van der Waals surface area contributed by atoms with Gasteiger partial charge in [0.15, 0.2) is 0 Å². The number of nitrogens with zero attached hydrogens (tertiary/aromatic N) is 1. The molecule has 2 rings (SSSR count). The van der Waals surface area contributed by atoms with Crippen LogP contribution in [0.3, 0.4) is 0 Å². The Hall–Kier alpha value is -0.470. The van der Waals surface area contributed by atoms with Crippen molar-refractivity contribution in [3.8, 4) is 0 Å². The Kier molecular flexibility index (Phi) is 5.57. The van der Waals surface area contributed by atoms with Crippen LogP contribution in [0.5, 0.6) is 0 Å². The third-order valence-electron chi connectivity index (χ3n) is 3.27. The molecule has 1 fully saturated rings. The first-order valence-electron chi connectivity index (χ1n) is 6.81. The summed E-state index contributed by atoms with van der Waals surface area (Å²) in [6, 6.07) is 4.24. The van der Waals surface area contributed by atoms with E-state index in [9.17, 15) is 8.42 Å². The molecule has 0 aliphatic heterocycles. The number of thiophene rings is 1. The minimum absolute atomic E-state index is 0.421. The topological polar surface area (TPSA) is 58.6 Å². The lowest BCUT2D eigenvalue weighted by molar-refractivity contribution is 0.189. The minimum atomic E-state index is -3.35. The lowest BCUT2D eigenvalue weighted by Gasteiger charge is -2.15. The molecule has 1 aliphatic rings. The molecule has 1 aliphatic carbocycles. The number of ether oxygens (including phenoxy) is 1. The quantitative estimate of drug-likeness (QED) is 0.704. The molecular weight excluding hydrogens is 296 g/mol. The first-order chi connectivity index (χ1) is 9.54. The Morgan fingerprint density at radius 3 is 2.85 bits per heavy atom. The first kappa shape index (κ1) is 15.9. The van der Waals surface area contributed by atoms with Gasteiger partial charge in [0.05, 0.1) is 0 Å². The Morgan fingerprint density at radius 1 is 1.45 bits per heavy atom. The van der Waals surface area contributed by atoms with Crippen LogP contribution < -0.4 is 5.32 Å². The minimum Gasteiger partial charge on any atom is -0.385 e. The van der Waals surface area contributed by atoms with Crippen molar-refractivity contribution in [3.63, 3.8) is 0 Å². The highest BCUT2D eigenvalue weighted by Crippen LogP contribution is 2.26. The second-order valence-corrected chi connectivity index (χ2v) is 8.49. The smallest absolute Gasteiger partial charge is 0.252 e. The normalized spacial score (nSPS) is 15.9. The van der Waals surface area contributed by atoms with Crippen molar-refractivity contribution in [2.24, 2.45) is 0 Å². The third-order valence-corrected chi connectivity index (χ3v) is 6.67. The van der Waals surface area contributed by atoms with Gasteiger partial charge in [0.25, 0.3) is 10.0 Å². The highest BCUT2D eigenvalue weighted by molar-refractivity contribution is 7.91. The third kappa shape index (κ3) is 4.26. The lowest BCUT2D eigenvalue weighted by Crippen LogP contribution is -2.28. The summed E-state index contributed by atoms with van der Waals surface area (Å²) in [5, 5.41) is 3.39. The van der Waals surface area contributed by atoms with E-state index in [4.69, 9.17) is 4.74 Å². The fraction of sp³-hybridized carbons (Fsp3) is 0.692. The second-order valence-electron chi connectivity index (χ2n) is 5.05. The van der Waals surface area contributed by atoms with Crippen LogP contribution in [0.2, 0.25) is 0 Å². The van der Waals surface area contributed by atoms with Gasteiger partial charge in [-0.15, -0.1) is 11.3 Å². The van der Waals surface area contributed by atoms with Gasteiger partial charge < -0.3 is 10.1 Å². The number of methoxy groups -OCH3 is 1. The monoisotopic (exact) mass is 318 g/mol. The van der Waals surface area contributed by atoms with E-state index in [-0.39, 0.29) is 0 Å². The molecule has 0 unspecified atom stereocenters. The van der Waals surface area contributed by atoms with Crippen molar-refractivity contribution in [3.05, 3.63) is 17.0 Å². The molecule has 1 N–H and O–H groups in total. The molecular formula is C13H22N2O3S2. The summed E-state index contributed by atoms with van der Waals surface area (Å²) in [4.78, 5) is 1.07. The molecule has 0 atom stereocenters. The van der Waals surface area contributed by atoms with E-state index >= 15 is 0 Å². The molecule has 1 heterocycles. The number of sulfonamides is 1. The van der Waals surface area contributed by atoms with Gasteiger partial charge in [-0.1, -0.05) is 0 Å². The molecule has 1 aromatic rings. The van der Waals surface area contributed by atoms with Crippen LogP contribution in [0.15, 0.2) is 16.3 Å². The van der Waals surface area contributed by atoms with E-state index in [0.717, 1.165) is 11.4 Å². The largest absolute Gasteiger partial charge is 0.385 e. The van der Waals surface area contributed by atoms with E-state index in [1.165, 1.54) is 28.5 Å². The van der Waals surface area contributed by atoms with Crippen molar-refractivity contribution >= 4 is 21.4 Å². The number of rotatable bonds is 9. The maximum Gasteiger partial charge on any atom is 0.252 e. The van der Waals surface area contributed by atoms with Crippen LogP contribution in [0.25, 0.3) is 0 Å². The summed E-state index contributed by atoms with van der Waals surface area (Å²) in [6.45, 7) is 1.81. The van der Waals surface area contributed by atoms with Gasteiger partial charge in [0.1, 0.15) is 4.21 Å². The highest BCUT2D eigenvalue weighted by Gasteiger charge is 2.23. The van der Waals surface area contributed by atoms with Gasteiger partial charge in [-0.3, -0.25) is 0 Å². The van der Waals surface area contributed by atoms with E-state index < -0.39 is 10.0 Å². The zero-order chi connectivity index (χ0) is 14.6. The molecule has 7 heteroatoms. The molecule has 0 amide bonds. The van der Waals surface area contributed by atoms with Gasteiger partial charge in [0, 0.05) is 44.8 Å². The summed E-state index contributed by atoms with van der Waals surface area (Å²) >= 11 is 1.35. The molecule has 114 valence electrons. The molecule has 0 bridgehead atoms. The Morgan fingerprint density at radius 2 is 2.20 bits per heavy atom. The number of nitrogens with one attached hydrogen (secondary N) is 1. The summed E-state index contributed by atoms with van der Waals surface area (Å²) in [6.07, 6.45) is 3.17. The van der Waals surface area contributed by atoms with Crippen LogP contribution in [0, 0.1) is 0 Å². The van der Waals surface area contributed by atoms with Crippen LogP contribution in [0.4, 0.5) is 0 Å². The van der Waals surface area contributed by atoms with E-state index in [0.29, 0.717) is 29.8 Å². The fourth-order valence-corrected chi connectivity index (χ4v) is 4.56. The average Bonchev–Trinajstić information content (AvgIpc) is 3.12. The summed E-state index contributed by atoms with van der Waals surface area (Å²) in [5.41, 5.74) is 0. The van der Waals surface area contributed by atoms with E-state index in [1.54, 1.807) is 20.2 Å².